The van der Waals surface area contributed by atoms with Crippen LogP contribution < -0.4 is 0 Å². The third-order valence-corrected chi connectivity index (χ3v) is 5.16. The van der Waals surface area contributed by atoms with E-state index in [4.69, 9.17) is 4.84 Å². The quantitative estimate of drug-likeness (QED) is 0.471. The van der Waals surface area contributed by atoms with Crippen LogP contribution in [0.4, 0.5) is 5.69 Å². The van der Waals surface area contributed by atoms with Gasteiger partial charge < -0.3 is 4.84 Å². The van der Waals surface area contributed by atoms with Gasteiger partial charge in [-0.05, 0) is 5.56 Å². The van der Waals surface area contributed by atoms with E-state index < -0.39 is 27.6 Å². The van der Waals surface area contributed by atoms with Gasteiger partial charge in [0.25, 0.3) is 5.69 Å². The molecule has 27 heavy (non-hydrogen) atoms. The largest absolute Gasteiger partial charge is 0.350 e. The lowest BCUT2D eigenvalue weighted by Gasteiger charge is -2.09. The topological polar surface area (TPSA) is 129 Å². The Morgan fingerprint density at radius 2 is 1.70 bits per heavy atom. The minimum Gasteiger partial charge on any atom is -0.317 e. The van der Waals surface area contributed by atoms with Crippen LogP contribution >= 0.6 is 0 Å². The van der Waals surface area contributed by atoms with Gasteiger partial charge in [-0.25, -0.2) is 4.79 Å². The summed E-state index contributed by atoms with van der Waals surface area (Å²) < 4.78 is 0. The zero-order valence-corrected chi connectivity index (χ0v) is 13.7. The van der Waals surface area contributed by atoms with Crippen LogP contribution in [0.3, 0.4) is 0 Å². The van der Waals surface area contributed by atoms with E-state index in [1.54, 1.807) is 30.3 Å². The molecule has 1 fully saturated rings. The number of carbonyl (C=O) groups is 1. The first-order valence-electron chi connectivity index (χ1n) is 7.95. The van der Waals surface area contributed by atoms with Gasteiger partial charge >= 0.3 is 5.97 Å². The zero-order valence-electron chi connectivity index (χ0n) is 13.7. The lowest BCUT2D eigenvalue weighted by molar-refractivity contribution is -0.384. The average molecular weight is 358 g/mol. The van der Waals surface area contributed by atoms with Crippen molar-refractivity contribution < 1.29 is 14.6 Å². The van der Waals surface area contributed by atoms with Crippen molar-refractivity contribution in [2.45, 2.75) is 5.92 Å². The van der Waals surface area contributed by atoms with Crippen LogP contribution in [0.1, 0.15) is 17.0 Å². The predicted octanol–water partition coefficient (Wildman–Crippen LogP) is 2.67. The van der Waals surface area contributed by atoms with Crippen LogP contribution in [0.5, 0.6) is 0 Å². The fourth-order valence-corrected chi connectivity index (χ4v) is 3.90. The van der Waals surface area contributed by atoms with E-state index in [1.165, 1.54) is 24.3 Å². The Morgan fingerprint density at radius 1 is 1.07 bits per heavy atom. The van der Waals surface area contributed by atoms with Crippen molar-refractivity contribution >= 4 is 17.4 Å². The predicted molar refractivity (Wildman–Crippen MR) is 91.0 cm³/mol. The van der Waals surface area contributed by atoms with Gasteiger partial charge in [-0.15, -0.1) is 0 Å². The molecule has 2 aliphatic rings. The van der Waals surface area contributed by atoms with Gasteiger partial charge in [0, 0.05) is 23.6 Å². The third kappa shape index (κ3) is 1.89. The van der Waals surface area contributed by atoms with Crippen LogP contribution in [0, 0.1) is 43.6 Å². The number of carbonyl (C=O) groups excluding carboxylic acids is 1. The van der Waals surface area contributed by atoms with Crippen molar-refractivity contribution in [3.63, 3.8) is 0 Å². The summed E-state index contributed by atoms with van der Waals surface area (Å²) in [4.78, 5) is 27.9. The molecule has 0 saturated heterocycles. The summed E-state index contributed by atoms with van der Waals surface area (Å²) in [5, 5.41) is 34.3. The number of nitrogens with zero attached hydrogens (tertiary/aromatic N) is 4. The molecule has 130 valence electrons. The first-order valence-corrected chi connectivity index (χ1v) is 7.95. The number of oxime groups is 1. The smallest absolute Gasteiger partial charge is 0.317 e. The molecule has 4 rings (SSSR count). The summed E-state index contributed by atoms with van der Waals surface area (Å²) in [5.74, 6) is -1.61. The molecule has 2 atom stereocenters. The second-order valence-electron chi connectivity index (χ2n) is 6.31. The molecule has 0 radical (unpaired) electrons. The van der Waals surface area contributed by atoms with Gasteiger partial charge in [0.15, 0.2) is 10.8 Å². The van der Waals surface area contributed by atoms with Gasteiger partial charge in [-0.1, -0.05) is 47.6 Å². The molecule has 0 amide bonds. The average Bonchev–Trinajstić information content (AvgIpc) is 3.18. The van der Waals surface area contributed by atoms with Crippen molar-refractivity contribution in [1.29, 1.82) is 10.5 Å². The van der Waals surface area contributed by atoms with Gasteiger partial charge in [-0.3, -0.25) is 10.1 Å². The van der Waals surface area contributed by atoms with Crippen LogP contribution in [-0.2, 0) is 9.63 Å². The monoisotopic (exact) mass is 358 g/mol. The van der Waals surface area contributed by atoms with E-state index in [-0.39, 0.29) is 11.4 Å². The van der Waals surface area contributed by atoms with Gasteiger partial charge in [0.05, 0.1) is 17.1 Å². The number of non-ortho nitro benzene ring substituents is 1. The van der Waals surface area contributed by atoms with Gasteiger partial charge in [0.1, 0.15) is 5.71 Å². The van der Waals surface area contributed by atoms with E-state index in [0.29, 0.717) is 11.1 Å². The first kappa shape index (κ1) is 16.4. The maximum Gasteiger partial charge on any atom is 0.350 e. The normalized spacial score (nSPS) is 24.4. The first-order chi connectivity index (χ1) is 13.0. The SMILES string of the molecule is N#CC1(C#N)C(c2ccc([N+](=O)[O-])cc2)C12C(=O)ON=C2c1ccccc1. The highest BCUT2D eigenvalue weighted by Crippen LogP contribution is 2.76. The summed E-state index contributed by atoms with van der Waals surface area (Å²) in [5.41, 5.74) is -2.13. The summed E-state index contributed by atoms with van der Waals surface area (Å²) in [6, 6.07) is 18.1. The fourth-order valence-electron chi connectivity index (χ4n) is 3.90. The van der Waals surface area contributed by atoms with Crippen LogP contribution in [0.2, 0.25) is 0 Å². The van der Waals surface area contributed by atoms with Crippen LogP contribution in [0.25, 0.3) is 0 Å². The number of nitriles is 2. The number of benzene rings is 2. The lowest BCUT2D eigenvalue weighted by atomic mass is 9.86. The highest BCUT2D eigenvalue weighted by Gasteiger charge is 2.88. The highest BCUT2D eigenvalue weighted by molar-refractivity contribution is 6.23. The second kappa shape index (κ2) is 5.48. The number of hydrogen-bond acceptors (Lipinski definition) is 7. The Kier molecular flexibility index (Phi) is 3.33. The number of rotatable bonds is 3. The van der Waals surface area contributed by atoms with E-state index in [9.17, 15) is 25.4 Å². The van der Waals surface area contributed by atoms with Gasteiger partial charge in [-0.2, -0.15) is 10.5 Å². The molecule has 0 N–H and O–H groups in total. The highest BCUT2D eigenvalue weighted by atomic mass is 16.7. The van der Waals surface area contributed by atoms with Gasteiger partial charge in [0.2, 0.25) is 0 Å². The molecule has 1 saturated carbocycles. The molecule has 0 aromatic heterocycles. The maximum atomic E-state index is 12.7. The molecular weight excluding hydrogens is 348 g/mol. The summed E-state index contributed by atoms with van der Waals surface area (Å²) in [6.07, 6.45) is 0. The summed E-state index contributed by atoms with van der Waals surface area (Å²) in [7, 11) is 0. The second-order valence-corrected chi connectivity index (χ2v) is 6.31. The molecule has 2 unspecified atom stereocenters. The molecule has 2 aromatic rings. The Morgan fingerprint density at radius 3 is 2.26 bits per heavy atom. The molecule has 1 aliphatic carbocycles. The summed E-state index contributed by atoms with van der Waals surface area (Å²) >= 11 is 0. The molecule has 1 spiro atoms. The fraction of sp³-hybridized carbons (Fsp3) is 0.158. The minimum atomic E-state index is -1.70. The van der Waals surface area contributed by atoms with E-state index in [0.717, 1.165) is 0 Å². The molecule has 1 aliphatic heterocycles. The number of nitro benzene ring substituents is 1. The van der Waals surface area contributed by atoms with Crippen molar-refractivity contribution in [2.24, 2.45) is 16.0 Å². The maximum absolute atomic E-state index is 12.7. The molecule has 8 heteroatoms. The van der Waals surface area contributed by atoms with Crippen LogP contribution in [0.15, 0.2) is 59.8 Å². The lowest BCUT2D eigenvalue weighted by Crippen LogP contribution is -2.28. The van der Waals surface area contributed by atoms with E-state index in [2.05, 4.69) is 5.16 Å². The Hall–Kier alpha value is -4.04. The molecule has 2 aromatic carbocycles. The number of nitro groups is 1. The number of hydrogen-bond donors (Lipinski definition) is 0. The van der Waals surface area contributed by atoms with E-state index in [1.807, 2.05) is 12.1 Å². The van der Waals surface area contributed by atoms with Crippen molar-refractivity contribution in [2.75, 3.05) is 0 Å². The Labute approximate surface area is 153 Å². The molecular formula is C19H10N4O4. The minimum absolute atomic E-state index is 0.126. The Balaban J connectivity index is 1.88. The Bertz CT molecular complexity index is 1070. The van der Waals surface area contributed by atoms with Crippen molar-refractivity contribution in [3.8, 4) is 12.1 Å². The summed E-state index contributed by atoms with van der Waals surface area (Å²) in [6.45, 7) is 0. The van der Waals surface area contributed by atoms with Crippen molar-refractivity contribution in [1.82, 2.24) is 0 Å². The molecule has 0 bridgehead atoms. The standard InChI is InChI=1S/C19H10N4O4/c20-10-18(11-21)15(12-6-8-14(9-7-12)23(25)26)19(18)16(22-27-17(19)24)13-4-2-1-3-5-13/h1-9,15H. The van der Waals surface area contributed by atoms with E-state index >= 15 is 0 Å². The third-order valence-electron chi connectivity index (χ3n) is 5.16. The molecule has 8 nitrogen and oxygen atoms in total. The van der Waals surface area contributed by atoms with Crippen molar-refractivity contribution in [3.05, 3.63) is 75.8 Å². The zero-order chi connectivity index (χ0) is 19.2. The van der Waals surface area contributed by atoms with Crippen LogP contribution in [-0.4, -0.2) is 16.6 Å². The molecule has 1 heterocycles.